The summed E-state index contributed by atoms with van der Waals surface area (Å²) in [6.45, 7) is -0.0339. The van der Waals surface area contributed by atoms with Gasteiger partial charge in [0.05, 0.1) is 12.8 Å². The molecule has 1 rings (SSSR count). The molecule has 0 spiro atoms. The van der Waals surface area contributed by atoms with Crippen LogP contribution >= 0.6 is 12.4 Å². The van der Waals surface area contributed by atoms with E-state index >= 15 is 0 Å². The lowest BCUT2D eigenvalue weighted by atomic mass is 10.5. The highest BCUT2D eigenvalue weighted by molar-refractivity contribution is 5.85. The van der Waals surface area contributed by atoms with Gasteiger partial charge in [-0.15, -0.1) is 17.5 Å². The van der Waals surface area contributed by atoms with Gasteiger partial charge in [-0.3, -0.25) is 4.68 Å². The Morgan fingerprint density at radius 3 is 2.50 bits per heavy atom. The molecule has 0 unspecified atom stereocenters. The minimum absolute atomic E-state index is 0. The van der Waals surface area contributed by atoms with Crippen LogP contribution < -0.4 is 0 Å². The summed E-state index contributed by atoms with van der Waals surface area (Å²) < 4.78 is 1.55. The van der Waals surface area contributed by atoms with Gasteiger partial charge in [0.2, 0.25) is 0 Å². The van der Waals surface area contributed by atoms with Crippen molar-refractivity contribution in [3.63, 3.8) is 0 Å². The van der Waals surface area contributed by atoms with Gasteiger partial charge in [0.15, 0.2) is 0 Å². The van der Waals surface area contributed by atoms with Crippen LogP contribution in [0.25, 0.3) is 0 Å². The van der Waals surface area contributed by atoms with Crippen LogP contribution in [0, 0.1) is 0 Å². The number of aliphatic hydroxyl groups excluding tert-OH is 1. The molecule has 1 heterocycles. The van der Waals surface area contributed by atoms with Crippen molar-refractivity contribution in [2.75, 3.05) is 0 Å². The maximum absolute atomic E-state index is 8.44. The number of aromatic nitrogens is 3. The number of rotatable bonds is 1. The zero-order valence-corrected chi connectivity index (χ0v) is 6.30. The molecule has 0 fully saturated rings. The van der Waals surface area contributed by atoms with Crippen LogP contribution in [0.5, 0.6) is 0 Å². The van der Waals surface area contributed by atoms with Crippen LogP contribution in [0.4, 0.5) is 0 Å². The fourth-order valence-corrected chi connectivity index (χ4v) is 0.468. The average Bonchev–Trinajstić information content (AvgIpc) is 2.14. The summed E-state index contributed by atoms with van der Waals surface area (Å²) in [7, 11) is 1.76. The number of aliphatic hydroxyl groups is 1. The molecule has 0 saturated carbocycles. The quantitative estimate of drug-likeness (QED) is 0.577. The summed E-state index contributed by atoms with van der Waals surface area (Å²) in [4.78, 5) is 0. The molecular weight excluding hydrogens is 158 g/mol. The van der Waals surface area contributed by atoms with E-state index in [1.165, 1.54) is 0 Å². The molecule has 0 aliphatic carbocycles. The molecule has 1 aromatic heterocycles. The maximum atomic E-state index is 8.44. The standard InChI is InChI=1S/C4H7N3O.ClH.H2O/c1-7-2-4(3-8)5-6-7;;/h2,8H,3H2,1H3;1H;1H2. The highest BCUT2D eigenvalue weighted by Gasteiger charge is 1.91. The normalized spacial score (nSPS) is 7.80. The lowest BCUT2D eigenvalue weighted by Gasteiger charge is -1.78. The van der Waals surface area contributed by atoms with Gasteiger partial charge in [0.25, 0.3) is 0 Å². The molecule has 0 bridgehead atoms. The molecule has 1 aromatic rings. The van der Waals surface area contributed by atoms with Gasteiger partial charge in [-0.25, -0.2) is 0 Å². The minimum Gasteiger partial charge on any atom is -0.412 e. The lowest BCUT2D eigenvalue weighted by Crippen LogP contribution is -1.85. The summed E-state index contributed by atoms with van der Waals surface area (Å²) >= 11 is 0. The molecule has 10 heavy (non-hydrogen) atoms. The topological polar surface area (TPSA) is 82.4 Å². The second-order valence-electron chi connectivity index (χ2n) is 1.54. The molecule has 3 N–H and O–H groups in total. The second-order valence-corrected chi connectivity index (χ2v) is 1.54. The molecule has 0 radical (unpaired) electrons. The smallest absolute Gasteiger partial charge is 0.108 e. The van der Waals surface area contributed by atoms with Crippen molar-refractivity contribution < 1.29 is 10.6 Å². The van der Waals surface area contributed by atoms with Gasteiger partial charge in [0.1, 0.15) is 5.69 Å². The highest BCUT2D eigenvalue weighted by Crippen LogP contribution is 1.87. The molecule has 0 aliphatic heterocycles. The predicted molar refractivity (Wildman–Crippen MR) is 37.8 cm³/mol. The van der Waals surface area contributed by atoms with Crippen molar-refractivity contribution in [2.45, 2.75) is 6.61 Å². The van der Waals surface area contributed by atoms with E-state index in [2.05, 4.69) is 10.3 Å². The van der Waals surface area contributed by atoms with Crippen LogP contribution in [-0.2, 0) is 13.7 Å². The van der Waals surface area contributed by atoms with E-state index in [1.807, 2.05) is 0 Å². The molecule has 0 aliphatic rings. The fourth-order valence-electron chi connectivity index (χ4n) is 0.468. The van der Waals surface area contributed by atoms with Crippen molar-refractivity contribution >= 4 is 12.4 Å². The Balaban J connectivity index is 0. The largest absolute Gasteiger partial charge is 0.412 e. The van der Waals surface area contributed by atoms with Gasteiger partial charge in [-0.05, 0) is 0 Å². The van der Waals surface area contributed by atoms with E-state index < -0.39 is 0 Å². The summed E-state index contributed by atoms with van der Waals surface area (Å²) in [6, 6.07) is 0. The maximum Gasteiger partial charge on any atom is 0.108 e. The molecule has 0 aromatic carbocycles. The Bertz CT molecular complexity index is 179. The number of halogens is 1. The molecular formula is C4H10ClN3O2. The Kier molecular flexibility index (Phi) is 6.23. The van der Waals surface area contributed by atoms with Crippen molar-refractivity contribution in [2.24, 2.45) is 7.05 Å². The summed E-state index contributed by atoms with van der Waals surface area (Å²) in [5.41, 5.74) is 0.604. The molecule has 60 valence electrons. The molecule has 0 saturated heterocycles. The van der Waals surface area contributed by atoms with Gasteiger partial charge >= 0.3 is 0 Å². The fraction of sp³-hybridized carbons (Fsp3) is 0.500. The van der Waals surface area contributed by atoms with Crippen LogP contribution in [0.2, 0.25) is 0 Å². The Morgan fingerprint density at radius 2 is 2.30 bits per heavy atom. The van der Waals surface area contributed by atoms with Crippen LogP contribution in [0.15, 0.2) is 6.20 Å². The Morgan fingerprint density at radius 1 is 1.70 bits per heavy atom. The lowest BCUT2D eigenvalue weighted by molar-refractivity contribution is 0.276. The molecule has 5 nitrogen and oxygen atoms in total. The van der Waals surface area contributed by atoms with Gasteiger partial charge < -0.3 is 10.6 Å². The first-order valence-electron chi connectivity index (χ1n) is 2.29. The third-order valence-electron chi connectivity index (χ3n) is 0.812. The minimum atomic E-state index is -0.0339. The van der Waals surface area contributed by atoms with E-state index in [1.54, 1.807) is 17.9 Å². The first-order chi connectivity index (χ1) is 3.83. The SMILES string of the molecule is Cl.Cn1cc(CO)nn1.O. The molecule has 0 atom stereocenters. The van der Waals surface area contributed by atoms with Crippen molar-refractivity contribution in [1.82, 2.24) is 15.0 Å². The highest BCUT2D eigenvalue weighted by atomic mass is 35.5. The van der Waals surface area contributed by atoms with Gasteiger partial charge in [-0.2, -0.15) is 0 Å². The van der Waals surface area contributed by atoms with E-state index in [9.17, 15) is 0 Å². The van der Waals surface area contributed by atoms with E-state index in [4.69, 9.17) is 5.11 Å². The number of hydrogen-bond donors (Lipinski definition) is 1. The monoisotopic (exact) mass is 167 g/mol. The van der Waals surface area contributed by atoms with Crippen molar-refractivity contribution in [3.05, 3.63) is 11.9 Å². The van der Waals surface area contributed by atoms with E-state index in [0.29, 0.717) is 5.69 Å². The first kappa shape index (κ1) is 12.1. The third-order valence-corrected chi connectivity index (χ3v) is 0.812. The molecule has 0 amide bonds. The number of aryl methyl sites for hydroxylation is 1. The first-order valence-corrected chi connectivity index (χ1v) is 2.29. The number of nitrogens with zero attached hydrogens (tertiary/aromatic N) is 3. The summed E-state index contributed by atoms with van der Waals surface area (Å²) in [5, 5.41) is 15.6. The van der Waals surface area contributed by atoms with Crippen molar-refractivity contribution in [3.8, 4) is 0 Å². The van der Waals surface area contributed by atoms with Crippen molar-refractivity contribution in [1.29, 1.82) is 0 Å². The second kappa shape index (κ2) is 5.16. The zero-order chi connectivity index (χ0) is 5.98. The molecule has 6 heteroatoms. The van der Waals surface area contributed by atoms with E-state index in [-0.39, 0.29) is 24.5 Å². The predicted octanol–water partition coefficient (Wildman–Crippen LogP) is -1.10. The van der Waals surface area contributed by atoms with Gasteiger partial charge in [-0.1, -0.05) is 5.21 Å². The van der Waals surface area contributed by atoms with E-state index in [0.717, 1.165) is 0 Å². The van der Waals surface area contributed by atoms with Crippen LogP contribution in [0.3, 0.4) is 0 Å². The average molecular weight is 168 g/mol. The number of hydrogen-bond acceptors (Lipinski definition) is 3. The Labute approximate surface area is 64.4 Å². The van der Waals surface area contributed by atoms with Crippen LogP contribution in [0.1, 0.15) is 5.69 Å². The third kappa shape index (κ3) is 2.77. The summed E-state index contributed by atoms with van der Waals surface area (Å²) in [6.07, 6.45) is 1.67. The van der Waals surface area contributed by atoms with Gasteiger partial charge in [0, 0.05) is 7.05 Å². The zero-order valence-electron chi connectivity index (χ0n) is 5.48. The summed E-state index contributed by atoms with van der Waals surface area (Å²) in [5.74, 6) is 0. The Hall–Kier alpha value is -0.650. The van der Waals surface area contributed by atoms with Crippen LogP contribution in [-0.4, -0.2) is 25.6 Å².